The fourth-order valence-corrected chi connectivity index (χ4v) is 4.82. The Hall–Kier alpha value is -4.26. The van der Waals surface area contributed by atoms with Crippen molar-refractivity contribution in [2.45, 2.75) is 46.6 Å². The molecule has 1 unspecified atom stereocenters. The van der Waals surface area contributed by atoms with Gasteiger partial charge in [0.05, 0.1) is 11.6 Å². The van der Waals surface area contributed by atoms with Crippen LogP contribution in [0.4, 0.5) is 21.8 Å². The van der Waals surface area contributed by atoms with E-state index in [9.17, 15) is 9.18 Å². The topological polar surface area (TPSA) is 67.3 Å². The number of aryl methyl sites for hydroxylation is 2. The molecule has 0 aliphatic carbocycles. The maximum absolute atomic E-state index is 13.3. The zero-order valence-electron chi connectivity index (χ0n) is 22.1. The first kappa shape index (κ1) is 25.4. The third-order valence-corrected chi connectivity index (χ3v) is 7.20. The van der Waals surface area contributed by atoms with E-state index in [1.807, 2.05) is 56.3 Å². The van der Waals surface area contributed by atoms with Crippen LogP contribution in [0.5, 0.6) is 5.75 Å². The number of halogens is 1. The molecule has 4 aromatic rings. The Balaban J connectivity index is 1.35. The van der Waals surface area contributed by atoms with E-state index in [4.69, 9.17) is 9.72 Å². The number of nitrogens with zero attached hydrogens (tertiary/aromatic N) is 3. The quantitative estimate of drug-likeness (QED) is 0.225. The van der Waals surface area contributed by atoms with E-state index in [0.29, 0.717) is 17.3 Å². The third-order valence-electron chi connectivity index (χ3n) is 7.20. The van der Waals surface area contributed by atoms with Crippen molar-refractivity contribution in [3.63, 3.8) is 0 Å². The molecule has 1 aliphatic rings. The minimum Gasteiger partial charge on any atom is -0.423 e. The summed E-state index contributed by atoms with van der Waals surface area (Å²) in [5.41, 5.74) is 6.68. The molecular formula is C31H31FN4O2. The van der Waals surface area contributed by atoms with Gasteiger partial charge in [0, 0.05) is 23.5 Å². The Morgan fingerprint density at radius 2 is 1.79 bits per heavy atom. The molecule has 0 fully saturated rings. The van der Waals surface area contributed by atoms with Crippen LogP contribution in [0.25, 0.3) is 0 Å². The molecule has 1 aromatic heterocycles. The summed E-state index contributed by atoms with van der Waals surface area (Å²) in [4.78, 5) is 24.4. The molecule has 194 valence electrons. The van der Waals surface area contributed by atoms with Crippen molar-refractivity contribution in [3.05, 3.63) is 106 Å². The number of hydrogen-bond acceptors (Lipinski definition) is 6. The predicted octanol–water partition coefficient (Wildman–Crippen LogP) is 6.88. The van der Waals surface area contributed by atoms with E-state index in [0.717, 1.165) is 47.7 Å². The predicted molar refractivity (Wildman–Crippen MR) is 148 cm³/mol. The molecule has 1 atom stereocenters. The van der Waals surface area contributed by atoms with Crippen LogP contribution in [-0.2, 0) is 12.8 Å². The van der Waals surface area contributed by atoms with Crippen molar-refractivity contribution < 1.29 is 13.9 Å². The van der Waals surface area contributed by atoms with Gasteiger partial charge in [0.25, 0.3) is 0 Å². The van der Waals surface area contributed by atoms with E-state index in [1.54, 1.807) is 12.1 Å². The second-order valence-electron chi connectivity index (χ2n) is 9.63. The Labute approximate surface area is 222 Å². The minimum absolute atomic E-state index is 0.0664. The lowest BCUT2D eigenvalue weighted by Crippen LogP contribution is -2.35. The molecule has 0 amide bonds. The lowest BCUT2D eigenvalue weighted by atomic mass is 9.93. The van der Waals surface area contributed by atoms with Gasteiger partial charge in [0.2, 0.25) is 5.95 Å². The number of anilines is 3. The van der Waals surface area contributed by atoms with Crippen molar-refractivity contribution in [3.8, 4) is 5.75 Å². The van der Waals surface area contributed by atoms with Gasteiger partial charge in [-0.25, -0.2) is 14.2 Å². The average Bonchev–Trinajstić information content (AvgIpc) is 2.92. The van der Waals surface area contributed by atoms with E-state index in [2.05, 4.69) is 29.0 Å². The van der Waals surface area contributed by atoms with E-state index in [1.165, 1.54) is 23.3 Å². The summed E-state index contributed by atoms with van der Waals surface area (Å²) in [6, 6.07) is 19.6. The van der Waals surface area contributed by atoms with Gasteiger partial charge < -0.3 is 15.0 Å². The van der Waals surface area contributed by atoms with Crippen LogP contribution in [0, 0.1) is 19.7 Å². The van der Waals surface area contributed by atoms with Crippen LogP contribution in [-0.4, -0.2) is 22.5 Å². The molecule has 0 saturated heterocycles. The Kier molecular flexibility index (Phi) is 7.09. The highest BCUT2D eigenvalue weighted by Crippen LogP contribution is 2.36. The maximum atomic E-state index is 13.3. The molecule has 0 bridgehead atoms. The Morgan fingerprint density at radius 1 is 1.05 bits per heavy atom. The van der Waals surface area contributed by atoms with Crippen LogP contribution in [0.2, 0.25) is 0 Å². The van der Waals surface area contributed by atoms with Gasteiger partial charge in [-0.1, -0.05) is 25.1 Å². The van der Waals surface area contributed by atoms with Crippen molar-refractivity contribution >= 4 is 23.4 Å². The second kappa shape index (κ2) is 10.6. The molecule has 3 aromatic carbocycles. The van der Waals surface area contributed by atoms with Crippen LogP contribution < -0.4 is 15.0 Å². The number of nitrogens with one attached hydrogen (secondary N) is 1. The SMILES string of the molecule is CCc1ccc(C(=O)Oc2ccc3c(c2)CCN(c2nc(Nc4ccc(F)cc4)nc(C)c2C)C3C)cc1. The van der Waals surface area contributed by atoms with Crippen molar-refractivity contribution in [1.29, 1.82) is 0 Å². The molecule has 0 saturated carbocycles. The van der Waals surface area contributed by atoms with E-state index >= 15 is 0 Å². The van der Waals surface area contributed by atoms with Crippen LogP contribution in [0.1, 0.15) is 58.2 Å². The van der Waals surface area contributed by atoms with Crippen LogP contribution in [0.3, 0.4) is 0 Å². The summed E-state index contributed by atoms with van der Waals surface area (Å²) in [5.74, 6) is 1.25. The molecule has 1 aliphatic heterocycles. The highest BCUT2D eigenvalue weighted by Gasteiger charge is 2.27. The van der Waals surface area contributed by atoms with Gasteiger partial charge in [-0.05, 0) is 98.8 Å². The van der Waals surface area contributed by atoms with Gasteiger partial charge in [0.15, 0.2) is 0 Å². The summed E-state index contributed by atoms with van der Waals surface area (Å²) >= 11 is 0. The van der Waals surface area contributed by atoms with Gasteiger partial charge >= 0.3 is 5.97 Å². The molecular weight excluding hydrogens is 479 g/mol. The average molecular weight is 511 g/mol. The summed E-state index contributed by atoms with van der Waals surface area (Å²) in [6.07, 6.45) is 1.72. The number of ether oxygens (including phenoxy) is 1. The van der Waals surface area contributed by atoms with E-state index in [-0.39, 0.29) is 17.8 Å². The number of esters is 1. The Morgan fingerprint density at radius 3 is 2.50 bits per heavy atom. The summed E-state index contributed by atoms with van der Waals surface area (Å²) in [7, 11) is 0. The van der Waals surface area contributed by atoms with Crippen LogP contribution in [0.15, 0.2) is 66.7 Å². The molecule has 2 heterocycles. The summed E-state index contributed by atoms with van der Waals surface area (Å²) in [5, 5.41) is 3.19. The highest BCUT2D eigenvalue weighted by atomic mass is 19.1. The van der Waals surface area contributed by atoms with Gasteiger partial charge in [0.1, 0.15) is 17.4 Å². The van der Waals surface area contributed by atoms with Gasteiger partial charge in [-0.3, -0.25) is 0 Å². The van der Waals surface area contributed by atoms with Crippen molar-refractivity contribution in [2.24, 2.45) is 0 Å². The lowest BCUT2D eigenvalue weighted by Gasteiger charge is -2.37. The zero-order chi connectivity index (χ0) is 26.8. The lowest BCUT2D eigenvalue weighted by molar-refractivity contribution is 0.0734. The first-order valence-electron chi connectivity index (χ1n) is 12.9. The molecule has 38 heavy (non-hydrogen) atoms. The smallest absolute Gasteiger partial charge is 0.343 e. The number of carbonyl (C=O) groups excluding carboxylic acids is 1. The summed E-state index contributed by atoms with van der Waals surface area (Å²) < 4.78 is 19.0. The molecule has 5 rings (SSSR count). The van der Waals surface area contributed by atoms with Crippen molar-refractivity contribution in [2.75, 3.05) is 16.8 Å². The summed E-state index contributed by atoms with van der Waals surface area (Å²) in [6.45, 7) is 9.00. The third kappa shape index (κ3) is 5.23. The Bertz CT molecular complexity index is 1470. The molecule has 0 spiro atoms. The molecule has 6 nitrogen and oxygen atoms in total. The minimum atomic E-state index is -0.355. The fraction of sp³-hybridized carbons (Fsp3) is 0.258. The molecule has 1 N–H and O–H groups in total. The number of rotatable bonds is 6. The molecule has 0 radical (unpaired) electrons. The van der Waals surface area contributed by atoms with Gasteiger partial charge in [-0.15, -0.1) is 0 Å². The first-order chi connectivity index (χ1) is 18.3. The van der Waals surface area contributed by atoms with E-state index < -0.39 is 0 Å². The largest absolute Gasteiger partial charge is 0.423 e. The first-order valence-corrected chi connectivity index (χ1v) is 12.9. The van der Waals surface area contributed by atoms with Crippen molar-refractivity contribution in [1.82, 2.24) is 9.97 Å². The molecule has 7 heteroatoms. The number of benzene rings is 3. The zero-order valence-corrected chi connectivity index (χ0v) is 22.1. The highest BCUT2D eigenvalue weighted by molar-refractivity contribution is 5.91. The normalized spacial score (nSPS) is 14.7. The number of aromatic nitrogens is 2. The maximum Gasteiger partial charge on any atom is 0.343 e. The van der Waals surface area contributed by atoms with Gasteiger partial charge in [-0.2, -0.15) is 4.98 Å². The number of carbonyl (C=O) groups is 1. The second-order valence-corrected chi connectivity index (χ2v) is 9.63. The number of fused-ring (bicyclic) bond motifs is 1. The standard InChI is InChI=1S/C31H31FN4O2/c1-5-22-6-8-23(9-7-22)30(37)38-27-14-15-28-21(4)36(17-16-24(28)18-27)29-19(2)20(3)33-31(35-29)34-26-12-10-25(32)11-13-26/h6-15,18,21H,5,16-17H2,1-4H3,(H,33,34,35). The number of hydrogen-bond donors (Lipinski definition) is 1. The fourth-order valence-electron chi connectivity index (χ4n) is 4.82. The monoisotopic (exact) mass is 510 g/mol. The van der Waals surface area contributed by atoms with Crippen LogP contribution >= 0.6 is 0 Å².